The number of carbonyl (C=O) groups is 1. The lowest BCUT2D eigenvalue weighted by Crippen LogP contribution is -2.36. The minimum Gasteiger partial charge on any atom is -0.357 e. The molecule has 0 unspecified atom stereocenters. The predicted octanol–water partition coefficient (Wildman–Crippen LogP) is 1.73. The highest BCUT2D eigenvalue weighted by atomic mass is 127. The van der Waals surface area contributed by atoms with Crippen molar-refractivity contribution < 1.29 is 4.79 Å². The first-order chi connectivity index (χ1) is 4.04. The van der Waals surface area contributed by atoms with Gasteiger partial charge in [-0.05, 0) is 0 Å². The largest absolute Gasteiger partial charge is 0.357 e. The van der Waals surface area contributed by atoms with Crippen LogP contribution in [0.3, 0.4) is 0 Å². The molecule has 2 nitrogen and oxygen atoms in total. The van der Waals surface area contributed by atoms with E-state index in [4.69, 9.17) is 0 Å². The van der Waals surface area contributed by atoms with E-state index in [9.17, 15) is 4.79 Å². The molecule has 0 saturated heterocycles. The van der Waals surface area contributed by atoms with Crippen LogP contribution in [0, 0.1) is 0 Å². The number of hydrogen-bond acceptors (Lipinski definition) is 1. The van der Waals surface area contributed by atoms with Gasteiger partial charge in [0.25, 0.3) is 0 Å². The number of amides is 1. The SMILES string of the molecule is CNC(=O)C(I)(I)CI. The average molecular weight is 465 g/mol. The van der Waals surface area contributed by atoms with Crippen molar-refractivity contribution in [3.63, 3.8) is 0 Å². The van der Waals surface area contributed by atoms with Gasteiger partial charge in [-0.2, -0.15) is 0 Å². The molecule has 0 fully saturated rings. The van der Waals surface area contributed by atoms with Crippen molar-refractivity contribution in [3.8, 4) is 0 Å². The van der Waals surface area contributed by atoms with Crippen molar-refractivity contribution in [1.82, 2.24) is 5.32 Å². The molecule has 0 radical (unpaired) electrons. The third-order valence-corrected chi connectivity index (χ3v) is 6.53. The topological polar surface area (TPSA) is 29.1 Å². The molecule has 0 aromatic rings. The fraction of sp³-hybridized carbons (Fsp3) is 0.750. The Hall–Kier alpha value is 1.66. The Morgan fingerprint density at radius 3 is 2.22 bits per heavy atom. The van der Waals surface area contributed by atoms with E-state index in [0.29, 0.717) is 0 Å². The van der Waals surface area contributed by atoms with E-state index >= 15 is 0 Å². The van der Waals surface area contributed by atoms with Crippen LogP contribution in [-0.2, 0) is 4.79 Å². The van der Waals surface area contributed by atoms with E-state index in [0.717, 1.165) is 4.43 Å². The molecule has 1 N–H and O–H groups in total. The summed E-state index contributed by atoms with van der Waals surface area (Å²) in [6.45, 7) is 0. The third kappa shape index (κ3) is 3.54. The number of rotatable bonds is 2. The highest BCUT2D eigenvalue weighted by molar-refractivity contribution is 14.2. The number of hydrogen-bond donors (Lipinski definition) is 1. The second kappa shape index (κ2) is 4.52. The second-order valence-corrected chi connectivity index (χ2v) is 7.93. The van der Waals surface area contributed by atoms with Gasteiger partial charge in [0.05, 0.1) is 0 Å². The molecule has 0 rings (SSSR count). The average Bonchev–Trinajstić information content (AvgIpc) is 1.86. The van der Waals surface area contributed by atoms with Gasteiger partial charge >= 0.3 is 0 Å². The van der Waals surface area contributed by atoms with Crippen molar-refractivity contribution >= 4 is 73.7 Å². The van der Waals surface area contributed by atoms with Gasteiger partial charge in [0.1, 0.15) is 0 Å². The van der Waals surface area contributed by atoms with Gasteiger partial charge in [0.2, 0.25) is 5.91 Å². The molecule has 0 aliphatic heterocycles. The monoisotopic (exact) mass is 465 g/mol. The molecule has 0 bridgehead atoms. The first-order valence-corrected chi connectivity index (χ1v) is 5.89. The van der Waals surface area contributed by atoms with E-state index in [1.807, 2.05) is 0 Å². The van der Waals surface area contributed by atoms with Gasteiger partial charge in [-0.15, -0.1) is 0 Å². The first-order valence-electron chi connectivity index (χ1n) is 2.20. The van der Waals surface area contributed by atoms with Crippen LogP contribution < -0.4 is 5.32 Å². The molecule has 5 heteroatoms. The summed E-state index contributed by atoms with van der Waals surface area (Å²) in [6.07, 6.45) is 0. The molecule has 1 amide bonds. The minimum absolute atomic E-state index is 0.0816. The fourth-order valence-electron chi connectivity index (χ4n) is 0.244. The Bertz CT molecular complexity index is 114. The molecule has 0 spiro atoms. The zero-order valence-electron chi connectivity index (χ0n) is 4.75. The van der Waals surface area contributed by atoms with Gasteiger partial charge in [0, 0.05) is 11.5 Å². The summed E-state index contributed by atoms with van der Waals surface area (Å²) < 4.78 is 0.552. The predicted molar refractivity (Wildman–Crippen MR) is 63.7 cm³/mol. The number of alkyl halides is 3. The van der Waals surface area contributed by atoms with E-state index in [-0.39, 0.29) is 7.34 Å². The second-order valence-electron chi connectivity index (χ2n) is 1.42. The summed E-state index contributed by atoms with van der Waals surface area (Å²) in [5.41, 5.74) is 0. The highest BCUT2D eigenvalue weighted by Gasteiger charge is 2.29. The Labute approximate surface area is 95.3 Å². The molecular formula is C4H6I3NO. The van der Waals surface area contributed by atoms with Crippen LogP contribution in [-0.4, -0.2) is 18.8 Å². The zero-order valence-corrected chi connectivity index (χ0v) is 11.2. The van der Waals surface area contributed by atoms with Crippen molar-refractivity contribution in [2.75, 3.05) is 11.5 Å². The third-order valence-electron chi connectivity index (χ3n) is 0.727. The summed E-state index contributed by atoms with van der Waals surface area (Å²) in [6, 6.07) is 0. The van der Waals surface area contributed by atoms with Crippen LogP contribution in [0.4, 0.5) is 0 Å². The summed E-state index contributed by atoms with van der Waals surface area (Å²) in [4.78, 5) is 10.9. The van der Waals surface area contributed by atoms with E-state index in [2.05, 4.69) is 73.1 Å². The molecule has 0 saturated carbocycles. The molecule has 0 heterocycles. The van der Waals surface area contributed by atoms with Crippen LogP contribution in [0.15, 0.2) is 0 Å². The van der Waals surface area contributed by atoms with Gasteiger partial charge in [-0.1, -0.05) is 67.8 Å². The van der Waals surface area contributed by atoms with Crippen molar-refractivity contribution in [2.45, 2.75) is 1.43 Å². The standard InChI is InChI=1S/C4H6I3NO/c1-8-3(9)4(6,7)2-5/h2H2,1H3,(H,8,9). The lowest BCUT2D eigenvalue weighted by Gasteiger charge is -2.13. The first kappa shape index (κ1) is 10.7. The van der Waals surface area contributed by atoms with E-state index in [1.54, 1.807) is 7.05 Å². The normalized spacial score (nSPS) is 11.1. The fourth-order valence-corrected chi connectivity index (χ4v) is 1.13. The van der Waals surface area contributed by atoms with Crippen molar-refractivity contribution in [1.29, 1.82) is 0 Å². The van der Waals surface area contributed by atoms with Gasteiger partial charge < -0.3 is 5.32 Å². The highest BCUT2D eigenvalue weighted by Crippen LogP contribution is 2.29. The van der Waals surface area contributed by atoms with Gasteiger partial charge in [-0.3, -0.25) is 4.79 Å². The maximum absolute atomic E-state index is 10.9. The van der Waals surface area contributed by atoms with E-state index in [1.165, 1.54) is 0 Å². The Morgan fingerprint density at radius 1 is 1.67 bits per heavy atom. The van der Waals surface area contributed by atoms with Crippen LogP contribution >= 0.6 is 67.8 Å². The van der Waals surface area contributed by atoms with Gasteiger partial charge in [-0.25, -0.2) is 0 Å². The lowest BCUT2D eigenvalue weighted by molar-refractivity contribution is -0.119. The molecule has 0 aromatic carbocycles. The minimum atomic E-state index is -0.273. The molecular weight excluding hydrogens is 459 g/mol. The maximum atomic E-state index is 10.9. The summed E-state index contributed by atoms with van der Waals surface area (Å²) >= 11 is 6.46. The molecule has 9 heavy (non-hydrogen) atoms. The van der Waals surface area contributed by atoms with Crippen molar-refractivity contribution in [2.24, 2.45) is 0 Å². The molecule has 0 aromatic heterocycles. The van der Waals surface area contributed by atoms with Crippen LogP contribution in [0.5, 0.6) is 0 Å². The Morgan fingerprint density at radius 2 is 2.11 bits per heavy atom. The number of carbonyl (C=O) groups excluding carboxylic acids is 1. The summed E-state index contributed by atoms with van der Waals surface area (Å²) in [5, 5.41) is 2.60. The summed E-state index contributed by atoms with van der Waals surface area (Å²) in [5.74, 6) is 0.0816. The van der Waals surface area contributed by atoms with E-state index < -0.39 is 0 Å². The lowest BCUT2D eigenvalue weighted by atomic mass is 10.5. The van der Waals surface area contributed by atoms with Crippen LogP contribution in [0.1, 0.15) is 0 Å². The molecule has 0 aliphatic rings. The number of nitrogens with one attached hydrogen (secondary N) is 1. The zero-order chi connectivity index (χ0) is 7.49. The van der Waals surface area contributed by atoms with Gasteiger partial charge in [0.15, 0.2) is 1.43 Å². The Kier molecular flexibility index (Phi) is 5.35. The quantitative estimate of drug-likeness (QED) is 0.489. The maximum Gasteiger partial charge on any atom is 0.246 e. The smallest absolute Gasteiger partial charge is 0.246 e. The molecule has 0 aliphatic carbocycles. The molecule has 54 valence electrons. The number of halogens is 3. The Balaban J connectivity index is 3.97. The van der Waals surface area contributed by atoms with Crippen LogP contribution in [0.2, 0.25) is 0 Å². The van der Waals surface area contributed by atoms with Crippen LogP contribution in [0.25, 0.3) is 0 Å². The summed E-state index contributed by atoms with van der Waals surface area (Å²) in [7, 11) is 1.65. The van der Waals surface area contributed by atoms with Crippen molar-refractivity contribution in [3.05, 3.63) is 0 Å². The molecule has 0 atom stereocenters.